The smallest absolute Gasteiger partial charge is 0.416 e. The second kappa shape index (κ2) is 11.9. The largest absolute Gasteiger partial charge is 0.481 e. The van der Waals surface area contributed by atoms with Crippen LogP contribution in [-0.2, 0) is 11.0 Å². The van der Waals surface area contributed by atoms with Gasteiger partial charge in [-0.05, 0) is 77.9 Å². The van der Waals surface area contributed by atoms with Crippen molar-refractivity contribution in [1.29, 1.82) is 0 Å². The summed E-state index contributed by atoms with van der Waals surface area (Å²) in [6.07, 6.45) is -2.78. The van der Waals surface area contributed by atoms with Gasteiger partial charge in [-0.3, -0.25) is 9.59 Å². The van der Waals surface area contributed by atoms with E-state index in [1.54, 1.807) is 24.3 Å². The Morgan fingerprint density at radius 1 is 0.854 bits per heavy atom. The molecule has 8 heteroatoms. The number of benzene rings is 4. The SMILES string of the molecule is O=C(O)CC1CCN(c2ccc(NC(=O)c3ccccc3-c3ccc(C(F)(F)F)cc3)cc2)[C@@H](c2ccccc2)C1. The molecule has 1 unspecified atom stereocenters. The van der Waals surface area contributed by atoms with Gasteiger partial charge in [-0.1, -0.05) is 60.7 Å². The van der Waals surface area contributed by atoms with E-state index >= 15 is 0 Å². The van der Waals surface area contributed by atoms with Crippen molar-refractivity contribution in [3.8, 4) is 11.1 Å². The van der Waals surface area contributed by atoms with Gasteiger partial charge >= 0.3 is 12.1 Å². The lowest BCUT2D eigenvalue weighted by molar-refractivity contribution is -0.139. The highest BCUT2D eigenvalue weighted by Crippen LogP contribution is 2.39. The third-order valence-corrected chi connectivity index (χ3v) is 7.51. The molecule has 1 aliphatic heterocycles. The van der Waals surface area contributed by atoms with Crippen molar-refractivity contribution in [3.63, 3.8) is 0 Å². The van der Waals surface area contributed by atoms with Crippen molar-refractivity contribution in [3.05, 3.63) is 120 Å². The van der Waals surface area contributed by atoms with Crippen molar-refractivity contribution in [1.82, 2.24) is 0 Å². The third-order valence-electron chi connectivity index (χ3n) is 7.51. The molecule has 0 spiro atoms. The number of hydrogen-bond donors (Lipinski definition) is 2. The van der Waals surface area contributed by atoms with Crippen LogP contribution in [-0.4, -0.2) is 23.5 Å². The number of carbonyl (C=O) groups is 2. The zero-order chi connectivity index (χ0) is 29.0. The average molecular weight is 559 g/mol. The number of nitrogens with zero attached hydrogens (tertiary/aromatic N) is 1. The lowest BCUT2D eigenvalue weighted by atomic mass is 9.85. The summed E-state index contributed by atoms with van der Waals surface area (Å²) in [7, 11) is 0. The number of hydrogen-bond acceptors (Lipinski definition) is 3. The van der Waals surface area contributed by atoms with Crippen LogP contribution in [0.4, 0.5) is 24.5 Å². The number of carboxylic acid groups (broad SMARTS) is 1. The first-order chi connectivity index (χ1) is 19.7. The van der Waals surface area contributed by atoms with Crippen LogP contribution in [0, 0.1) is 5.92 Å². The van der Waals surface area contributed by atoms with Crippen molar-refractivity contribution < 1.29 is 27.9 Å². The molecule has 4 aromatic rings. The molecule has 0 aromatic heterocycles. The lowest BCUT2D eigenvalue weighted by Crippen LogP contribution is -2.37. The maximum absolute atomic E-state index is 13.2. The predicted molar refractivity (Wildman–Crippen MR) is 153 cm³/mol. The summed E-state index contributed by atoms with van der Waals surface area (Å²) < 4.78 is 39.0. The van der Waals surface area contributed by atoms with Crippen LogP contribution in [0.2, 0.25) is 0 Å². The topological polar surface area (TPSA) is 69.6 Å². The Morgan fingerprint density at radius 2 is 1.51 bits per heavy atom. The van der Waals surface area contributed by atoms with E-state index in [1.807, 2.05) is 42.5 Å². The number of piperidine rings is 1. The normalized spacial score (nSPS) is 17.2. The lowest BCUT2D eigenvalue weighted by Gasteiger charge is -2.41. The van der Waals surface area contributed by atoms with E-state index in [-0.39, 0.29) is 24.3 Å². The molecule has 1 saturated heterocycles. The van der Waals surface area contributed by atoms with Gasteiger partial charge in [0.15, 0.2) is 0 Å². The van der Waals surface area contributed by atoms with Crippen molar-refractivity contribution >= 4 is 23.3 Å². The van der Waals surface area contributed by atoms with Gasteiger partial charge in [0.2, 0.25) is 0 Å². The molecule has 0 radical (unpaired) electrons. The number of amides is 1. The number of aliphatic carboxylic acids is 1. The molecule has 210 valence electrons. The molecule has 0 saturated carbocycles. The number of nitrogens with one attached hydrogen (secondary N) is 1. The first kappa shape index (κ1) is 28.0. The third kappa shape index (κ3) is 6.60. The summed E-state index contributed by atoms with van der Waals surface area (Å²) in [4.78, 5) is 26.9. The maximum atomic E-state index is 13.2. The number of anilines is 2. The van der Waals surface area contributed by atoms with Crippen LogP contribution in [0.5, 0.6) is 0 Å². The highest BCUT2D eigenvalue weighted by Gasteiger charge is 2.31. The highest BCUT2D eigenvalue weighted by atomic mass is 19.4. The molecule has 0 aliphatic carbocycles. The first-order valence-corrected chi connectivity index (χ1v) is 13.4. The Labute approximate surface area is 236 Å². The highest BCUT2D eigenvalue weighted by molar-refractivity contribution is 6.08. The van der Waals surface area contributed by atoms with E-state index in [0.29, 0.717) is 28.9 Å². The summed E-state index contributed by atoms with van der Waals surface area (Å²) in [5.41, 5.74) is 3.32. The molecule has 41 heavy (non-hydrogen) atoms. The average Bonchev–Trinajstić information content (AvgIpc) is 2.97. The summed E-state index contributed by atoms with van der Waals surface area (Å²) in [6.45, 7) is 0.712. The fraction of sp³-hybridized carbons (Fsp3) is 0.212. The fourth-order valence-corrected chi connectivity index (χ4v) is 5.48. The minimum atomic E-state index is -4.43. The van der Waals surface area contributed by atoms with Crippen LogP contribution in [0.15, 0.2) is 103 Å². The zero-order valence-corrected chi connectivity index (χ0v) is 22.1. The molecule has 5 nitrogen and oxygen atoms in total. The minimum absolute atomic E-state index is 0.0327. The molecular weight excluding hydrogens is 529 g/mol. The van der Waals surface area contributed by atoms with Gasteiger partial charge in [0, 0.05) is 29.9 Å². The number of carboxylic acids is 1. The Bertz CT molecular complexity index is 1500. The maximum Gasteiger partial charge on any atom is 0.416 e. The molecule has 1 heterocycles. The Morgan fingerprint density at radius 3 is 2.17 bits per heavy atom. The molecule has 2 N–H and O–H groups in total. The minimum Gasteiger partial charge on any atom is -0.481 e. The van der Waals surface area contributed by atoms with Crippen molar-refractivity contribution in [2.24, 2.45) is 5.92 Å². The summed E-state index contributed by atoms with van der Waals surface area (Å²) >= 11 is 0. The Balaban J connectivity index is 1.33. The molecule has 5 rings (SSSR count). The van der Waals surface area contributed by atoms with Gasteiger partial charge in [-0.25, -0.2) is 0 Å². The van der Waals surface area contributed by atoms with E-state index in [9.17, 15) is 27.9 Å². The van der Waals surface area contributed by atoms with E-state index in [2.05, 4.69) is 22.3 Å². The predicted octanol–water partition coefficient (Wildman–Crippen LogP) is 8.06. The molecule has 2 atom stereocenters. The summed E-state index contributed by atoms with van der Waals surface area (Å²) in [6, 6.07) is 29.1. The van der Waals surface area contributed by atoms with Gasteiger partial charge in [-0.2, -0.15) is 13.2 Å². The van der Waals surface area contributed by atoms with E-state index in [0.717, 1.165) is 36.2 Å². The van der Waals surface area contributed by atoms with Crippen molar-refractivity contribution in [2.45, 2.75) is 31.5 Å². The zero-order valence-electron chi connectivity index (χ0n) is 22.1. The second-order valence-corrected chi connectivity index (χ2v) is 10.2. The summed E-state index contributed by atoms with van der Waals surface area (Å²) in [5.74, 6) is -1.06. The molecular formula is C33H29F3N2O3. The standard InChI is InChI=1S/C33H29F3N2O3/c34-33(35,36)25-12-10-23(11-13-25)28-8-4-5-9-29(28)32(41)37-26-14-16-27(17-15-26)38-19-18-22(21-31(39)40)20-30(38)24-6-2-1-3-7-24/h1-17,22,30H,18-21H2,(H,37,41)(H,39,40)/t22?,30-/m1/s1. The van der Waals surface area contributed by atoms with Gasteiger partial charge in [0.1, 0.15) is 0 Å². The van der Waals surface area contributed by atoms with Gasteiger partial charge in [-0.15, -0.1) is 0 Å². The Kier molecular flexibility index (Phi) is 8.10. The quantitative estimate of drug-likeness (QED) is 0.241. The van der Waals surface area contributed by atoms with Crippen LogP contribution in [0.1, 0.15) is 46.8 Å². The van der Waals surface area contributed by atoms with Crippen LogP contribution in [0.3, 0.4) is 0 Å². The molecule has 4 aromatic carbocycles. The Hall–Kier alpha value is -4.59. The second-order valence-electron chi connectivity index (χ2n) is 10.2. The van der Waals surface area contributed by atoms with Gasteiger partial charge in [0.05, 0.1) is 11.6 Å². The molecule has 1 aliphatic rings. The molecule has 0 bridgehead atoms. The monoisotopic (exact) mass is 558 g/mol. The van der Waals surface area contributed by atoms with E-state index in [4.69, 9.17) is 0 Å². The number of carbonyl (C=O) groups excluding carboxylic acids is 1. The van der Waals surface area contributed by atoms with E-state index < -0.39 is 17.7 Å². The number of alkyl halides is 3. The van der Waals surface area contributed by atoms with Crippen LogP contribution in [0.25, 0.3) is 11.1 Å². The van der Waals surface area contributed by atoms with Gasteiger partial charge < -0.3 is 15.3 Å². The first-order valence-electron chi connectivity index (χ1n) is 13.4. The van der Waals surface area contributed by atoms with Crippen LogP contribution < -0.4 is 10.2 Å². The molecule has 1 fully saturated rings. The number of rotatable bonds is 7. The van der Waals surface area contributed by atoms with E-state index in [1.165, 1.54) is 12.1 Å². The fourth-order valence-electron chi connectivity index (χ4n) is 5.48. The van der Waals surface area contributed by atoms with Crippen molar-refractivity contribution in [2.75, 3.05) is 16.8 Å². The van der Waals surface area contributed by atoms with Gasteiger partial charge in [0.25, 0.3) is 5.91 Å². The number of halogens is 3. The molecule has 1 amide bonds. The summed E-state index contributed by atoms with van der Waals surface area (Å²) in [5, 5.41) is 12.2. The van der Waals surface area contributed by atoms with Crippen LogP contribution >= 0.6 is 0 Å².